The maximum atomic E-state index is 4.43. The normalized spacial score (nSPS) is 11.2. The Kier molecular flexibility index (Phi) is 10.3. The number of aryl methyl sites for hydroxylation is 1. The van der Waals surface area contributed by atoms with Gasteiger partial charge in [0.1, 0.15) is 0 Å². The molecular weight excluding hydrogens is 276 g/mol. The van der Waals surface area contributed by atoms with Crippen LogP contribution in [0.4, 0.5) is 0 Å². The molecule has 1 aromatic rings. The van der Waals surface area contributed by atoms with Crippen LogP contribution in [0.1, 0.15) is 107 Å². The zero-order valence-corrected chi connectivity index (χ0v) is 16.3. The second-order valence-corrected chi connectivity index (χ2v) is 7.04. The second-order valence-electron chi connectivity index (χ2n) is 7.04. The quantitative estimate of drug-likeness (QED) is 0.381. The summed E-state index contributed by atoms with van der Waals surface area (Å²) in [5.74, 6) is 0. The van der Waals surface area contributed by atoms with E-state index in [2.05, 4.69) is 40.7 Å². The van der Waals surface area contributed by atoms with Gasteiger partial charge >= 0.3 is 0 Å². The molecule has 0 atom stereocenters. The number of rotatable bonds is 12. The molecular formula is C23H39. The van der Waals surface area contributed by atoms with Crippen LogP contribution in [0.2, 0.25) is 0 Å². The van der Waals surface area contributed by atoms with Crippen LogP contribution in [-0.2, 0) is 25.7 Å². The summed E-state index contributed by atoms with van der Waals surface area (Å²) >= 11 is 0. The molecule has 0 heteroatoms. The number of unbranched alkanes of at least 4 members (excludes halogenated alkanes) is 4. The summed E-state index contributed by atoms with van der Waals surface area (Å²) in [6.07, 6.45) is 15.4. The van der Waals surface area contributed by atoms with Gasteiger partial charge in [0, 0.05) is 0 Å². The second kappa shape index (κ2) is 11.7. The lowest BCUT2D eigenvalue weighted by atomic mass is 9.83. The van der Waals surface area contributed by atoms with Crippen molar-refractivity contribution in [2.24, 2.45) is 0 Å². The predicted octanol–water partition coefficient (Wildman–Crippen LogP) is 7.24. The minimum absolute atomic E-state index is 1.22. The molecule has 0 bridgehead atoms. The van der Waals surface area contributed by atoms with Crippen LogP contribution in [0, 0.1) is 6.92 Å². The highest BCUT2D eigenvalue weighted by Gasteiger charge is 2.15. The van der Waals surface area contributed by atoms with Crippen molar-refractivity contribution in [1.82, 2.24) is 0 Å². The molecule has 1 radical (unpaired) electrons. The zero-order valence-electron chi connectivity index (χ0n) is 16.3. The molecule has 0 aliphatic carbocycles. The number of benzene rings is 1. The fraction of sp³-hybridized carbons (Fsp3) is 0.696. The summed E-state index contributed by atoms with van der Waals surface area (Å²) in [6.45, 7) is 13.6. The maximum absolute atomic E-state index is 4.43. The summed E-state index contributed by atoms with van der Waals surface area (Å²) in [5.41, 5.74) is 7.90. The molecule has 0 amide bonds. The molecule has 23 heavy (non-hydrogen) atoms. The third-order valence-corrected chi connectivity index (χ3v) is 4.99. The third-order valence-electron chi connectivity index (χ3n) is 4.99. The summed E-state index contributed by atoms with van der Waals surface area (Å²) in [5, 5.41) is 0. The molecule has 0 aromatic heterocycles. The lowest BCUT2D eigenvalue weighted by Gasteiger charge is -2.22. The van der Waals surface area contributed by atoms with Gasteiger partial charge in [-0.15, -0.1) is 0 Å². The summed E-state index contributed by atoms with van der Waals surface area (Å²) in [7, 11) is 0. The van der Waals surface area contributed by atoms with E-state index in [9.17, 15) is 0 Å². The van der Waals surface area contributed by atoms with Crippen LogP contribution in [-0.4, -0.2) is 0 Å². The average molecular weight is 316 g/mol. The van der Waals surface area contributed by atoms with Gasteiger partial charge in [0.25, 0.3) is 0 Å². The molecule has 0 heterocycles. The Bertz CT molecular complexity index is 442. The highest BCUT2D eigenvalue weighted by atomic mass is 14.2. The highest BCUT2D eigenvalue weighted by Crippen LogP contribution is 2.29. The Labute approximate surface area is 146 Å². The summed E-state index contributed by atoms with van der Waals surface area (Å²) in [4.78, 5) is 0. The van der Waals surface area contributed by atoms with Crippen LogP contribution in [0.3, 0.4) is 0 Å². The molecule has 0 saturated heterocycles. The highest BCUT2D eigenvalue weighted by molar-refractivity contribution is 5.48. The first kappa shape index (κ1) is 20.3. The van der Waals surface area contributed by atoms with Gasteiger partial charge in [0.15, 0.2) is 0 Å². The zero-order chi connectivity index (χ0) is 17.1. The first-order valence-electron chi connectivity index (χ1n) is 10.2. The minimum atomic E-state index is 1.22. The third kappa shape index (κ3) is 6.32. The predicted molar refractivity (Wildman–Crippen MR) is 105 cm³/mol. The fourth-order valence-electron chi connectivity index (χ4n) is 3.53. The van der Waals surface area contributed by atoms with E-state index >= 15 is 0 Å². The molecule has 131 valence electrons. The Balaban J connectivity index is 3.26. The van der Waals surface area contributed by atoms with E-state index in [0.29, 0.717) is 0 Å². The molecule has 0 unspecified atom stereocenters. The SMILES string of the molecule is [CH2]c1cc(CCCC)c(CCCC)c(CCCC)c1CCCC. The van der Waals surface area contributed by atoms with Gasteiger partial charge in [0.05, 0.1) is 0 Å². The molecule has 0 aliphatic rings. The monoisotopic (exact) mass is 315 g/mol. The van der Waals surface area contributed by atoms with Crippen molar-refractivity contribution in [2.75, 3.05) is 0 Å². The molecule has 1 rings (SSSR count). The van der Waals surface area contributed by atoms with Gasteiger partial charge in [-0.2, -0.15) is 0 Å². The standard InChI is InChI=1S/C23H39/c1-6-10-14-20-18-19(5)21(15-11-7-2)23(17-13-9-4)22(20)16-12-8-3/h18H,5-17H2,1-4H3. The maximum Gasteiger partial charge on any atom is -0.0235 e. The first-order chi connectivity index (χ1) is 11.2. The smallest absolute Gasteiger partial charge is 0.0235 e. The largest absolute Gasteiger partial charge is 0.0654 e. The summed E-state index contributed by atoms with van der Waals surface area (Å²) in [6, 6.07) is 2.43. The lowest BCUT2D eigenvalue weighted by Crippen LogP contribution is -2.08. The number of hydrogen-bond donors (Lipinski definition) is 0. The molecule has 0 nitrogen and oxygen atoms in total. The van der Waals surface area contributed by atoms with Crippen LogP contribution in [0.15, 0.2) is 6.07 Å². The van der Waals surface area contributed by atoms with E-state index in [1.165, 1.54) is 82.6 Å². The van der Waals surface area contributed by atoms with Crippen molar-refractivity contribution < 1.29 is 0 Å². The number of hydrogen-bond acceptors (Lipinski definition) is 0. The van der Waals surface area contributed by atoms with Crippen molar-refractivity contribution >= 4 is 0 Å². The first-order valence-corrected chi connectivity index (χ1v) is 10.2. The van der Waals surface area contributed by atoms with Crippen molar-refractivity contribution in [3.05, 3.63) is 40.8 Å². The van der Waals surface area contributed by atoms with E-state index < -0.39 is 0 Å². The van der Waals surface area contributed by atoms with Crippen molar-refractivity contribution in [2.45, 2.75) is 105 Å². The van der Waals surface area contributed by atoms with E-state index in [4.69, 9.17) is 0 Å². The van der Waals surface area contributed by atoms with E-state index in [1.807, 2.05) is 0 Å². The van der Waals surface area contributed by atoms with Crippen LogP contribution in [0.25, 0.3) is 0 Å². The van der Waals surface area contributed by atoms with E-state index in [0.717, 1.165) is 0 Å². The molecule has 0 aliphatic heterocycles. The van der Waals surface area contributed by atoms with Crippen LogP contribution in [0.5, 0.6) is 0 Å². The van der Waals surface area contributed by atoms with Gasteiger partial charge < -0.3 is 0 Å². The van der Waals surface area contributed by atoms with Gasteiger partial charge in [-0.1, -0.05) is 59.4 Å². The van der Waals surface area contributed by atoms with Crippen LogP contribution >= 0.6 is 0 Å². The van der Waals surface area contributed by atoms with Crippen LogP contribution < -0.4 is 0 Å². The van der Waals surface area contributed by atoms with Gasteiger partial charge in [0.2, 0.25) is 0 Å². The molecule has 1 aromatic carbocycles. The van der Waals surface area contributed by atoms with Crippen molar-refractivity contribution in [1.29, 1.82) is 0 Å². The van der Waals surface area contributed by atoms with Gasteiger partial charge in [-0.25, -0.2) is 0 Å². The Morgan fingerprint density at radius 1 is 0.609 bits per heavy atom. The molecule has 0 fully saturated rings. The fourth-order valence-corrected chi connectivity index (χ4v) is 3.53. The molecule has 0 N–H and O–H groups in total. The Hall–Kier alpha value is -0.780. The molecule has 0 saturated carbocycles. The molecule has 0 spiro atoms. The van der Waals surface area contributed by atoms with Gasteiger partial charge in [-0.3, -0.25) is 0 Å². The Morgan fingerprint density at radius 3 is 1.57 bits per heavy atom. The van der Waals surface area contributed by atoms with E-state index in [-0.39, 0.29) is 0 Å². The van der Waals surface area contributed by atoms with E-state index in [1.54, 1.807) is 22.3 Å². The van der Waals surface area contributed by atoms with Gasteiger partial charge in [-0.05, 0) is 86.1 Å². The average Bonchev–Trinajstić information content (AvgIpc) is 2.56. The topological polar surface area (TPSA) is 0 Å². The van der Waals surface area contributed by atoms with Crippen molar-refractivity contribution in [3.8, 4) is 0 Å². The minimum Gasteiger partial charge on any atom is -0.0654 e. The lowest BCUT2D eigenvalue weighted by molar-refractivity contribution is 0.717. The summed E-state index contributed by atoms with van der Waals surface area (Å²) < 4.78 is 0. The van der Waals surface area contributed by atoms with Crippen molar-refractivity contribution in [3.63, 3.8) is 0 Å². The Morgan fingerprint density at radius 2 is 1.04 bits per heavy atom.